The Balaban J connectivity index is 1.67. The fourth-order valence-electron chi connectivity index (χ4n) is 4.01. The van der Waals surface area contributed by atoms with Gasteiger partial charge in [0.2, 0.25) is 12.2 Å². The minimum atomic E-state index is -1.68. The first-order valence-corrected chi connectivity index (χ1v) is 12.5. The first-order chi connectivity index (χ1) is 17.2. The van der Waals surface area contributed by atoms with Crippen molar-refractivity contribution in [2.24, 2.45) is 0 Å². The van der Waals surface area contributed by atoms with Gasteiger partial charge in [0.25, 0.3) is 11.8 Å². The van der Waals surface area contributed by atoms with Crippen LogP contribution in [0.2, 0.25) is 0 Å². The summed E-state index contributed by atoms with van der Waals surface area (Å²) in [6.45, 7) is 3.15. The molecule has 12 heteroatoms. The zero-order chi connectivity index (χ0) is 26.2. The number of carbonyl (C=O) groups is 4. The topological polar surface area (TPSA) is 105 Å². The van der Waals surface area contributed by atoms with Crippen LogP contribution in [0.5, 0.6) is 0 Å². The molecule has 1 saturated heterocycles. The molecule has 9 nitrogen and oxygen atoms in total. The summed E-state index contributed by atoms with van der Waals surface area (Å²) in [6.07, 6.45) is 0.253. The van der Waals surface area contributed by atoms with E-state index in [9.17, 15) is 28.0 Å². The third-order valence-electron chi connectivity index (χ3n) is 5.74. The minimum absolute atomic E-state index is 0.119. The van der Waals surface area contributed by atoms with E-state index in [1.54, 1.807) is 16.7 Å². The maximum Gasteiger partial charge on any atom is 0.303 e. The average molecular weight is 526 g/mol. The van der Waals surface area contributed by atoms with Gasteiger partial charge in [-0.05, 0) is 30.4 Å². The number of halogens is 2. The van der Waals surface area contributed by atoms with Crippen molar-refractivity contribution in [3.05, 3.63) is 41.3 Å². The Labute approximate surface area is 212 Å². The van der Waals surface area contributed by atoms with Crippen LogP contribution in [0.25, 0.3) is 0 Å². The second-order valence-electron chi connectivity index (χ2n) is 8.41. The van der Waals surface area contributed by atoms with Crippen molar-refractivity contribution < 1.29 is 37.4 Å². The number of piperazine rings is 1. The number of ether oxygens (including phenoxy) is 2. The second-order valence-corrected chi connectivity index (χ2v) is 9.62. The summed E-state index contributed by atoms with van der Waals surface area (Å²) in [5.41, 5.74) is 0.202. The molecule has 2 heterocycles. The number of anilines is 1. The Morgan fingerprint density at radius 3 is 2.31 bits per heavy atom. The van der Waals surface area contributed by atoms with E-state index in [4.69, 9.17) is 9.47 Å². The monoisotopic (exact) mass is 525 g/mol. The molecule has 2 amide bonds. The number of hydrogen-bond donors (Lipinski definition) is 1. The van der Waals surface area contributed by atoms with Crippen LogP contribution in [-0.2, 0) is 28.7 Å². The fourth-order valence-corrected chi connectivity index (χ4v) is 4.93. The summed E-state index contributed by atoms with van der Waals surface area (Å²) in [7, 11) is 0. The summed E-state index contributed by atoms with van der Waals surface area (Å²) in [5.74, 6) is -4.49. The van der Waals surface area contributed by atoms with Gasteiger partial charge in [0, 0.05) is 57.9 Å². The first kappa shape index (κ1) is 27.4. The number of nitrogens with zero attached hydrogens (tertiary/aromatic N) is 2. The standard InChI is InChI=1S/C24H29F2N3O6S/c1-15(30)34-21(23(32)27-8-7-18-4-3-13-36-18)22(35-16(2)31)24(33)29-11-9-28(10-12-29)20-6-5-17(25)14-19(20)26/h3,5-6,13-14,18,21-22H,4,7-12H2,1-2H3,(H,27,32)/t18?,21-,22-/m1/s1. The van der Waals surface area contributed by atoms with E-state index in [0.29, 0.717) is 18.2 Å². The van der Waals surface area contributed by atoms with E-state index in [2.05, 4.69) is 5.32 Å². The molecule has 2 aliphatic rings. The van der Waals surface area contributed by atoms with E-state index in [1.807, 2.05) is 11.5 Å². The smallest absolute Gasteiger partial charge is 0.303 e. The van der Waals surface area contributed by atoms with Gasteiger partial charge in [0.05, 0.1) is 5.69 Å². The van der Waals surface area contributed by atoms with Crippen LogP contribution in [0, 0.1) is 11.6 Å². The maximum atomic E-state index is 14.2. The molecule has 2 aliphatic heterocycles. The lowest BCUT2D eigenvalue weighted by Crippen LogP contribution is -2.57. The Bertz CT molecular complexity index is 1010. The Hall–Kier alpha value is -3.15. The number of esters is 2. The van der Waals surface area contributed by atoms with Crippen molar-refractivity contribution in [3.63, 3.8) is 0 Å². The molecule has 1 fully saturated rings. The largest absolute Gasteiger partial charge is 0.448 e. The molecule has 0 spiro atoms. The molecule has 0 bridgehead atoms. The lowest BCUT2D eigenvalue weighted by molar-refractivity contribution is -0.178. The molecule has 196 valence electrons. The highest BCUT2D eigenvalue weighted by atomic mass is 32.2. The van der Waals surface area contributed by atoms with Gasteiger partial charge in [-0.25, -0.2) is 8.78 Å². The van der Waals surface area contributed by atoms with Crippen LogP contribution < -0.4 is 10.2 Å². The predicted molar refractivity (Wildman–Crippen MR) is 129 cm³/mol. The molecule has 0 saturated carbocycles. The molecule has 1 aromatic carbocycles. The normalized spacial score (nSPS) is 18.9. The molecule has 0 radical (unpaired) electrons. The van der Waals surface area contributed by atoms with Gasteiger partial charge in [-0.2, -0.15) is 0 Å². The Morgan fingerprint density at radius 2 is 1.72 bits per heavy atom. The number of rotatable bonds is 9. The number of benzene rings is 1. The molecule has 1 unspecified atom stereocenters. The van der Waals surface area contributed by atoms with Crippen molar-refractivity contribution >= 4 is 41.2 Å². The summed E-state index contributed by atoms with van der Waals surface area (Å²) in [4.78, 5) is 52.8. The molecule has 3 atom stereocenters. The highest BCUT2D eigenvalue weighted by Crippen LogP contribution is 2.26. The van der Waals surface area contributed by atoms with Crippen LogP contribution in [0.15, 0.2) is 29.7 Å². The molecular weight excluding hydrogens is 496 g/mol. The van der Waals surface area contributed by atoms with E-state index >= 15 is 0 Å². The number of carbonyl (C=O) groups excluding carboxylic acids is 4. The number of thioether (sulfide) groups is 1. The molecule has 0 aromatic heterocycles. The number of amides is 2. The third-order valence-corrected chi connectivity index (χ3v) is 6.90. The minimum Gasteiger partial charge on any atom is -0.448 e. The van der Waals surface area contributed by atoms with Crippen LogP contribution in [-0.4, -0.2) is 78.8 Å². The van der Waals surface area contributed by atoms with E-state index in [1.165, 1.54) is 11.0 Å². The summed E-state index contributed by atoms with van der Waals surface area (Å²) in [6, 6.07) is 3.26. The van der Waals surface area contributed by atoms with Crippen molar-refractivity contribution in [3.8, 4) is 0 Å². The lowest BCUT2D eigenvalue weighted by atomic mass is 10.1. The molecule has 3 rings (SSSR count). The Morgan fingerprint density at radius 1 is 1.06 bits per heavy atom. The molecule has 1 aromatic rings. The lowest BCUT2D eigenvalue weighted by Gasteiger charge is -2.38. The fraction of sp³-hybridized carbons (Fsp3) is 0.500. The highest BCUT2D eigenvalue weighted by Gasteiger charge is 2.42. The molecule has 0 aliphatic carbocycles. The van der Waals surface area contributed by atoms with Crippen molar-refractivity contribution in [2.45, 2.75) is 44.1 Å². The van der Waals surface area contributed by atoms with Crippen LogP contribution >= 0.6 is 11.8 Å². The maximum absolute atomic E-state index is 14.2. The first-order valence-electron chi connectivity index (χ1n) is 11.6. The van der Waals surface area contributed by atoms with Gasteiger partial charge in [0.15, 0.2) is 0 Å². The number of allylic oxidation sites excluding steroid dienone is 1. The van der Waals surface area contributed by atoms with Gasteiger partial charge < -0.3 is 24.6 Å². The van der Waals surface area contributed by atoms with E-state index in [0.717, 1.165) is 32.4 Å². The third kappa shape index (κ3) is 7.42. The van der Waals surface area contributed by atoms with E-state index < -0.39 is 47.6 Å². The van der Waals surface area contributed by atoms with Gasteiger partial charge in [0.1, 0.15) is 11.6 Å². The molecule has 1 N–H and O–H groups in total. The average Bonchev–Trinajstić information content (AvgIpc) is 3.34. The zero-order valence-corrected chi connectivity index (χ0v) is 20.9. The van der Waals surface area contributed by atoms with Crippen LogP contribution in [0.3, 0.4) is 0 Å². The van der Waals surface area contributed by atoms with Crippen LogP contribution in [0.4, 0.5) is 14.5 Å². The van der Waals surface area contributed by atoms with Crippen molar-refractivity contribution in [1.29, 1.82) is 0 Å². The van der Waals surface area contributed by atoms with Gasteiger partial charge in [-0.3, -0.25) is 19.2 Å². The second kappa shape index (κ2) is 12.7. The van der Waals surface area contributed by atoms with Gasteiger partial charge in [-0.15, -0.1) is 11.8 Å². The van der Waals surface area contributed by atoms with Gasteiger partial charge in [-0.1, -0.05) is 6.08 Å². The van der Waals surface area contributed by atoms with Crippen LogP contribution in [0.1, 0.15) is 26.7 Å². The van der Waals surface area contributed by atoms with Crippen molar-refractivity contribution in [1.82, 2.24) is 10.2 Å². The predicted octanol–water partition coefficient (Wildman–Crippen LogP) is 2.00. The quantitative estimate of drug-likeness (QED) is 0.489. The highest BCUT2D eigenvalue weighted by molar-refractivity contribution is 8.03. The summed E-state index contributed by atoms with van der Waals surface area (Å²) < 4.78 is 37.7. The summed E-state index contributed by atoms with van der Waals surface area (Å²) >= 11 is 1.66. The number of hydrogen-bond acceptors (Lipinski definition) is 8. The number of nitrogens with one attached hydrogen (secondary N) is 1. The zero-order valence-electron chi connectivity index (χ0n) is 20.1. The van der Waals surface area contributed by atoms with Gasteiger partial charge >= 0.3 is 11.9 Å². The Kier molecular flexibility index (Phi) is 9.68. The molecular formula is C24H29F2N3O6S. The van der Waals surface area contributed by atoms with E-state index in [-0.39, 0.29) is 31.9 Å². The SMILES string of the molecule is CC(=O)O[C@@H](C(=O)NCCC1CC=CS1)[C@@H](OC(C)=O)C(=O)N1CCN(c2ccc(F)cc2F)CC1. The molecule has 36 heavy (non-hydrogen) atoms. The summed E-state index contributed by atoms with van der Waals surface area (Å²) in [5, 5.41) is 4.98. The van der Waals surface area contributed by atoms with Crippen molar-refractivity contribution in [2.75, 3.05) is 37.6 Å².